The summed E-state index contributed by atoms with van der Waals surface area (Å²) in [6.45, 7) is 8.56. The highest BCUT2D eigenvalue weighted by molar-refractivity contribution is 5.48. The molecule has 0 radical (unpaired) electrons. The lowest BCUT2D eigenvalue weighted by Gasteiger charge is -2.15. The van der Waals surface area contributed by atoms with Crippen LogP contribution in [0.3, 0.4) is 0 Å². The van der Waals surface area contributed by atoms with Crippen molar-refractivity contribution < 1.29 is 4.74 Å². The largest absolute Gasteiger partial charge is 0.496 e. The normalized spacial score (nSPS) is 11.1. The van der Waals surface area contributed by atoms with E-state index in [1.165, 1.54) is 22.3 Å². The van der Waals surface area contributed by atoms with Crippen LogP contribution in [0.2, 0.25) is 0 Å². The van der Waals surface area contributed by atoms with Gasteiger partial charge in [0, 0.05) is 0 Å². The van der Waals surface area contributed by atoms with Crippen LogP contribution in [-0.2, 0) is 6.42 Å². The molecule has 88 valence electrons. The average Bonchev–Trinajstić information content (AvgIpc) is 2.28. The van der Waals surface area contributed by atoms with Crippen LogP contribution in [0, 0.1) is 20.8 Å². The Kier molecular flexibility index (Phi) is 4.60. The molecular weight excluding hydrogens is 196 g/mol. The van der Waals surface area contributed by atoms with Crippen LogP contribution in [0.4, 0.5) is 0 Å². The molecule has 0 heterocycles. The second-order valence-corrected chi connectivity index (χ2v) is 4.23. The summed E-state index contributed by atoms with van der Waals surface area (Å²) in [6, 6.07) is 2.15. The molecule has 0 atom stereocenters. The van der Waals surface area contributed by atoms with Crippen molar-refractivity contribution >= 4 is 0 Å². The third kappa shape index (κ3) is 2.66. The average molecular weight is 218 g/mol. The van der Waals surface area contributed by atoms with Gasteiger partial charge in [0.1, 0.15) is 5.75 Å². The lowest BCUT2D eigenvalue weighted by atomic mass is 9.94. The van der Waals surface area contributed by atoms with E-state index in [1.807, 2.05) is 0 Å². The molecule has 0 spiro atoms. The Morgan fingerprint density at radius 1 is 1.19 bits per heavy atom. The fourth-order valence-electron chi connectivity index (χ4n) is 2.09. The second-order valence-electron chi connectivity index (χ2n) is 4.23. The molecule has 16 heavy (non-hydrogen) atoms. The van der Waals surface area contributed by atoms with Gasteiger partial charge >= 0.3 is 0 Å². The molecule has 0 N–H and O–H groups in total. The zero-order valence-electron chi connectivity index (χ0n) is 11.1. The highest BCUT2D eigenvalue weighted by Gasteiger charge is 2.09. The Balaban J connectivity index is 3.05. The third-order valence-electron chi connectivity index (χ3n) is 3.22. The minimum Gasteiger partial charge on any atom is -0.496 e. The van der Waals surface area contributed by atoms with Crippen molar-refractivity contribution in [3.63, 3.8) is 0 Å². The molecule has 1 rings (SSSR count). The van der Waals surface area contributed by atoms with E-state index >= 15 is 0 Å². The summed E-state index contributed by atoms with van der Waals surface area (Å²) < 4.78 is 5.37. The number of benzene rings is 1. The number of allylic oxidation sites excluding steroid dienone is 2. The van der Waals surface area contributed by atoms with Crippen molar-refractivity contribution in [3.8, 4) is 5.75 Å². The Bertz CT molecular complexity index is 389. The van der Waals surface area contributed by atoms with Crippen LogP contribution in [0.5, 0.6) is 5.75 Å². The van der Waals surface area contributed by atoms with E-state index < -0.39 is 0 Å². The first-order chi connectivity index (χ1) is 7.61. The number of ether oxygens (including phenoxy) is 1. The van der Waals surface area contributed by atoms with Gasteiger partial charge in [-0.3, -0.25) is 0 Å². The summed E-state index contributed by atoms with van der Waals surface area (Å²) in [7, 11) is 1.74. The summed E-state index contributed by atoms with van der Waals surface area (Å²) >= 11 is 0. The summed E-state index contributed by atoms with van der Waals surface area (Å²) in [6.07, 6.45) is 6.57. The van der Waals surface area contributed by atoms with E-state index in [4.69, 9.17) is 4.74 Å². The molecule has 0 aliphatic heterocycles. The van der Waals surface area contributed by atoms with Gasteiger partial charge < -0.3 is 4.74 Å². The van der Waals surface area contributed by atoms with Crippen molar-refractivity contribution in [2.24, 2.45) is 0 Å². The van der Waals surface area contributed by atoms with Gasteiger partial charge in [-0.25, -0.2) is 0 Å². The maximum Gasteiger partial charge on any atom is 0.122 e. The number of hydrogen-bond acceptors (Lipinski definition) is 1. The van der Waals surface area contributed by atoms with Crippen LogP contribution in [-0.4, -0.2) is 7.11 Å². The molecule has 0 saturated carbocycles. The molecule has 0 amide bonds. The van der Waals surface area contributed by atoms with Crippen LogP contribution < -0.4 is 4.74 Å². The monoisotopic (exact) mass is 218 g/mol. The zero-order valence-corrected chi connectivity index (χ0v) is 11.1. The Morgan fingerprint density at radius 2 is 1.88 bits per heavy atom. The van der Waals surface area contributed by atoms with Crippen molar-refractivity contribution in [3.05, 3.63) is 40.5 Å². The fourth-order valence-corrected chi connectivity index (χ4v) is 2.09. The summed E-state index contributed by atoms with van der Waals surface area (Å²) in [4.78, 5) is 0. The van der Waals surface area contributed by atoms with Gasteiger partial charge in [-0.1, -0.05) is 12.2 Å². The Labute approximate surface area is 99.1 Å². The predicted octanol–water partition coefficient (Wildman–Crippen LogP) is 4.13. The van der Waals surface area contributed by atoms with E-state index in [0.29, 0.717) is 0 Å². The SMILES string of the molecule is C/C=C\CCc1c(C)cc(OC)c(C)c1C. The highest BCUT2D eigenvalue weighted by atomic mass is 16.5. The summed E-state index contributed by atoms with van der Waals surface area (Å²) in [5.41, 5.74) is 5.45. The van der Waals surface area contributed by atoms with Gasteiger partial charge in [0.15, 0.2) is 0 Å². The number of rotatable bonds is 4. The summed E-state index contributed by atoms with van der Waals surface area (Å²) in [5.74, 6) is 1.00. The molecule has 1 nitrogen and oxygen atoms in total. The smallest absolute Gasteiger partial charge is 0.122 e. The van der Waals surface area contributed by atoms with Crippen molar-refractivity contribution in [2.75, 3.05) is 7.11 Å². The Morgan fingerprint density at radius 3 is 2.44 bits per heavy atom. The lowest BCUT2D eigenvalue weighted by Crippen LogP contribution is -1.99. The topological polar surface area (TPSA) is 9.23 Å². The molecule has 0 aromatic heterocycles. The van der Waals surface area contributed by atoms with Crippen molar-refractivity contribution in [1.29, 1.82) is 0 Å². The number of hydrogen-bond donors (Lipinski definition) is 0. The number of aryl methyl sites for hydroxylation is 1. The van der Waals surface area contributed by atoms with Gasteiger partial charge in [0.2, 0.25) is 0 Å². The van der Waals surface area contributed by atoms with Gasteiger partial charge in [-0.05, 0) is 68.9 Å². The molecule has 0 saturated heterocycles. The predicted molar refractivity (Wildman–Crippen MR) is 70.3 cm³/mol. The first kappa shape index (κ1) is 12.8. The highest BCUT2D eigenvalue weighted by Crippen LogP contribution is 2.28. The maximum absolute atomic E-state index is 5.37. The summed E-state index contributed by atoms with van der Waals surface area (Å²) in [5, 5.41) is 0. The molecule has 0 fully saturated rings. The number of methoxy groups -OCH3 is 1. The quantitative estimate of drug-likeness (QED) is 0.690. The van der Waals surface area contributed by atoms with Gasteiger partial charge in [-0.15, -0.1) is 0 Å². The van der Waals surface area contributed by atoms with Crippen LogP contribution in [0.25, 0.3) is 0 Å². The third-order valence-corrected chi connectivity index (χ3v) is 3.22. The molecule has 0 bridgehead atoms. The fraction of sp³-hybridized carbons (Fsp3) is 0.467. The minimum absolute atomic E-state index is 1.00. The molecule has 1 aromatic carbocycles. The van der Waals surface area contributed by atoms with Crippen LogP contribution >= 0.6 is 0 Å². The maximum atomic E-state index is 5.37. The molecule has 0 aliphatic rings. The van der Waals surface area contributed by atoms with Crippen LogP contribution in [0.15, 0.2) is 18.2 Å². The van der Waals surface area contributed by atoms with Gasteiger partial charge in [0.25, 0.3) is 0 Å². The second kappa shape index (κ2) is 5.74. The van der Waals surface area contributed by atoms with E-state index in [-0.39, 0.29) is 0 Å². The molecule has 1 heteroatoms. The minimum atomic E-state index is 1.00. The van der Waals surface area contributed by atoms with Crippen LogP contribution in [0.1, 0.15) is 35.6 Å². The van der Waals surface area contributed by atoms with Crippen molar-refractivity contribution in [2.45, 2.75) is 40.5 Å². The van der Waals surface area contributed by atoms with E-state index in [0.717, 1.165) is 18.6 Å². The lowest BCUT2D eigenvalue weighted by molar-refractivity contribution is 0.410. The van der Waals surface area contributed by atoms with Gasteiger partial charge in [-0.2, -0.15) is 0 Å². The Hall–Kier alpha value is -1.24. The van der Waals surface area contributed by atoms with E-state index in [2.05, 4.69) is 45.9 Å². The molecule has 0 aliphatic carbocycles. The van der Waals surface area contributed by atoms with E-state index in [1.54, 1.807) is 7.11 Å². The first-order valence-corrected chi connectivity index (χ1v) is 5.86. The molecular formula is C15H22O. The first-order valence-electron chi connectivity index (χ1n) is 5.86. The molecule has 1 aromatic rings. The standard InChI is InChI=1S/C15H22O/c1-6-7-8-9-14-11(2)10-15(16-5)13(4)12(14)3/h6-7,10H,8-9H2,1-5H3/b7-6-. The van der Waals surface area contributed by atoms with Crippen molar-refractivity contribution in [1.82, 2.24) is 0 Å². The molecule has 0 unspecified atom stereocenters. The zero-order chi connectivity index (χ0) is 12.1. The van der Waals surface area contributed by atoms with E-state index in [9.17, 15) is 0 Å². The van der Waals surface area contributed by atoms with Gasteiger partial charge in [0.05, 0.1) is 7.11 Å².